The molecule has 0 aromatic heterocycles. The molecule has 1 nitrogen and oxygen atoms in total. The summed E-state index contributed by atoms with van der Waals surface area (Å²) in [5, 5.41) is 9.09. The van der Waals surface area contributed by atoms with Crippen LogP contribution in [0.15, 0.2) is 29.2 Å². The summed E-state index contributed by atoms with van der Waals surface area (Å²) >= 11 is 1.55. The minimum atomic E-state index is 0. The van der Waals surface area contributed by atoms with Crippen molar-refractivity contribution in [1.82, 2.24) is 0 Å². The van der Waals surface area contributed by atoms with E-state index in [1.807, 2.05) is 24.5 Å². The van der Waals surface area contributed by atoms with Gasteiger partial charge < -0.3 is 6.53 Å². The third-order valence-electron chi connectivity index (χ3n) is 1.09. The molecule has 1 rings (SSSR count). The van der Waals surface area contributed by atoms with Gasteiger partial charge in [-0.25, -0.2) is 0 Å². The number of hydrogen-bond acceptors (Lipinski definition) is 2. The normalized spacial score (nSPS) is 8.50. The molecule has 0 saturated heterocycles. The minimum Gasteiger partial charge on any atom is -1.00 e. The number of hydrogen-bond donors (Lipinski definition) is 1. The van der Waals surface area contributed by atoms with Crippen LogP contribution in [0.2, 0.25) is 0 Å². The van der Waals surface area contributed by atoms with Crippen LogP contribution in [0.1, 0.15) is 1.43 Å². The third-order valence-corrected chi connectivity index (χ3v) is 1.87. The molecule has 0 aliphatic rings. The van der Waals surface area contributed by atoms with Gasteiger partial charge in [0.25, 0.3) is 0 Å². The Bertz CT molecular complexity index is 207. The van der Waals surface area contributed by atoms with Crippen molar-refractivity contribution in [3.05, 3.63) is 24.3 Å². The first-order valence-corrected chi connectivity index (χ1v) is 3.89. The maximum Gasteiger partial charge on any atom is 1.00 e. The van der Waals surface area contributed by atoms with Crippen LogP contribution in [0.4, 0.5) is 0 Å². The van der Waals surface area contributed by atoms with Gasteiger partial charge in [-0.1, -0.05) is 12.1 Å². The van der Waals surface area contributed by atoms with Crippen molar-refractivity contribution in [2.75, 3.05) is 6.26 Å². The summed E-state index contributed by atoms with van der Waals surface area (Å²) in [6.45, 7) is 0. The summed E-state index contributed by atoms with van der Waals surface area (Å²) in [4.78, 5) is 0.928. The van der Waals surface area contributed by atoms with Gasteiger partial charge in [0.15, 0.2) is 0 Å². The Kier molecular flexibility index (Phi) is 5.27. The number of benzene rings is 1. The molecule has 0 saturated carbocycles. The van der Waals surface area contributed by atoms with Gasteiger partial charge in [-0.05, 0) is 18.4 Å². The zero-order valence-electron chi connectivity index (χ0n) is 7.16. The van der Waals surface area contributed by atoms with Crippen LogP contribution >= 0.6 is 11.8 Å². The number of phenols is 1. The van der Waals surface area contributed by atoms with Gasteiger partial charge in [0, 0.05) is 4.90 Å². The molecular formula is C7H9NaOS. The molecule has 0 fully saturated rings. The summed E-state index contributed by atoms with van der Waals surface area (Å²) in [7, 11) is 0. The van der Waals surface area contributed by atoms with E-state index >= 15 is 0 Å². The van der Waals surface area contributed by atoms with E-state index in [-0.39, 0.29) is 31.0 Å². The molecule has 1 aromatic carbocycles. The molecule has 1 aromatic rings. The van der Waals surface area contributed by atoms with E-state index in [1.54, 1.807) is 17.8 Å². The fourth-order valence-corrected chi connectivity index (χ4v) is 1.12. The van der Waals surface area contributed by atoms with E-state index < -0.39 is 0 Å². The Labute approximate surface area is 88.6 Å². The first kappa shape index (κ1) is 10.4. The van der Waals surface area contributed by atoms with Gasteiger partial charge in [-0.15, -0.1) is 11.8 Å². The zero-order valence-corrected chi connectivity index (χ0v) is 8.98. The molecule has 0 spiro atoms. The van der Waals surface area contributed by atoms with Gasteiger partial charge in [0.2, 0.25) is 0 Å². The fraction of sp³-hybridized carbons (Fsp3) is 0.143. The van der Waals surface area contributed by atoms with Crippen LogP contribution in [0.5, 0.6) is 5.75 Å². The predicted molar refractivity (Wildman–Crippen MR) is 41.0 cm³/mol. The van der Waals surface area contributed by atoms with Crippen molar-refractivity contribution < 1.29 is 36.1 Å². The Morgan fingerprint density at radius 3 is 2.40 bits per heavy atom. The molecule has 0 aliphatic carbocycles. The molecule has 1 N–H and O–H groups in total. The van der Waals surface area contributed by atoms with E-state index in [2.05, 4.69) is 0 Å². The SMILES string of the molecule is CSc1ccccc1O.[H-].[Na+]. The molecule has 0 radical (unpaired) electrons. The van der Waals surface area contributed by atoms with E-state index in [9.17, 15) is 0 Å². The van der Waals surface area contributed by atoms with E-state index in [1.165, 1.54) is 0 Å². The maximum absolute atomic E-state index is 9.09. The van der Waals surface area contributed by atoms with Crippen molar-refractivity contribution in [2.45, 2.75) is 4.90 Å². The van der Waals surface area contributed by atoms with Gasteiger partial charge in [0.1, 0.15) is 5.75 Å². The number of thioether (sulfide) groups is 1. The minimum absolute atomic E-state index is 0. The second-order valence-corrected chi connectivity index (χ2v) is 2.52. The Balaban J connectivity index is 0. The smallest absolute Gasteiger partial charge is 1.00 e. The molecule has 0 atom stereocenters. The largest absolute Gasteiger partial charge is 1.00 e. The van der Waals surface area contributed by atoms with Crippen molar-refractivity contribution in [1.29, 1.82) is 0 Å². The van der Waals surface area contributed by atoms with Crippen LogP contribution < -0.4 is 29.6 Å². The van der Waals surface area contributed by atoms with Gasteiger partial charge in [0.05, 0.1) is 0 Å². The maximum atomic E-state index is 9.09. The van der Waals surface area contributed by atoms with Gasteiger partial charge in [-0.3, -0.25) is 0 Å². The molecule has 3 heteroatoms. The molecule has 0 bridgehead atoms. The van der Waals surface area contributed by atoms with Gasteiger partial charge >= 0.3 is 29.6 Å². The molecule has 50 valence electrons. The summed E-state index contributed by atoms with van der Waals surface area (Å²) < 4.78 is 0. The van der Waals surface area contributed by atoms with Crippen molar-refractivity contribution in [3.63, 3.8) is 0 Å². The number of rotatable bonds is 1. The van der Waals surface area contributed by atoms with Crippen LogP contribution in [0.25, 0.3) is 0 Å². The van der Waals surface area contributed by atoms with Crippen LogP contribution in [-0.2, 0) is 0 Å². The summed E-state index contributed by atoms with van der Waals surface area (Å²) in [6, 6.07) is 7.30. The monoisotopic (exact) mass is 164 g/mol. The Morgan fingerprint density at radius 1 is 1.40 bits per heavy atom. The molecule has 10 heavy (non-hydrogen) atoms. The quantitative estimate of drug-likeness (QED) is 0.434. The Hall–Kier alpha value is 0.370. The molecule has 0 unspecified atom stereocenters. The van der Waals surface area contributed by atoms with Crippen molar-refractivity contribution >= 4 is 11.8 Å². The topological polar surface area (TPSA) is 20.2 Å². The number of para-hydroxylation sites is 1. The fourth-order valence-electron chi connectivity index (χ4n) is 0.630. The molecule has 0 amide bonds. The summed E-state index contributed by atoms with van der Waals surface area (Å²) in [6.07, 6.45) is 1.94. The molecule has 0 heterocycles. The van der Waals surface area contributed by atoms with E-state index in [0.29, 0.717) is 5.75 Å². The standard InChI is InChI=1S/C7H8OS.Na.H/c1-9-7-5-3-2-4-6(7)8;;/h2-5,8H,1H3;;/q;+1;-1. The third kappa shape index (κ3) is 2.54. The first-order valence-electron chi connectivity index (χ1n) is 2.66. The number of aromatic hydroxyl groups is 1. The summed E-state index contributed by atoms with van der Waals surface area (Å²) in [5.74, 6) is 0.366. The zero-order chi connectivity index (χ0) is 6.69. The molecule has 0 aliphatic heterocycles. The second-order valence-electron chi connectivity index (χ2n) is 1.67. The average Bonchev–Trinajstić information content (AvgIpc) is 1.89. The second kappa shape index (κ2) is 5.08. The molecular weight excluding hydrogens is 155 g/mol. The average molecular weight is 164 g/mol. The van der Waals surface area contributed by atoms with Crippen molar-refractivity contribution in [3.8, 4) is 5.75 Å². The first-order chi connectivity index (χ1) is 4.34. The van der Waals surface area contributed by atoms with Crippen LogP contribution in [0, 0.1) is 0 Å². The van der Waals surface area contributed by atoms with E-state index in [0.717, 1.165) is 4.90 Å². The van der Waals surface area contributed by atoms with Crippen molar-refractivity contribution in [2.24, 2.45) is 0 Å². The predicted octanol–water partition coefficient (Wildman–Crippen LogP) is -0.769. The summed E-state index contributed by atoms with van der Waals surface area (Å²) in [5.41, 5.74) is 0. The van der Waals surface area contributed by atoms with Crippen LogP contribution in [0.3, 0.4) is 0 Å². The van der Waals surface area contributed by atoms with E-state index in [4.69, 9.17) is 5.11 Å². The number of phenolic OH excluding ortho intramolecular Hbond substituents is 1. The van der Waals surface area contributed by atoms with Gasteiger partial charge in [-0.2, -0.15) is 0 Å². The van der Waals surface area contributed by atoms with Crippen LogP contribution in [-0.4, -0.2) is 11.4 Å². The Morgan fingerprint density at radius 2 is 2.00 bits per heavy atom.